The number of hydrogen-bond donors (Lipinski definition) is 3. The molecule has 0 aliphatic rings. The van der Waals surface area contributed by atoms with Crippen LogP contribution in [0.5, 0.6) is 0 Å². The standard InChI is InChI=1S/C11H9BrN4O3/c12-6-1-5(3-14-4-6)10-15-9(13)7(2-8(17)18)11(19)16-10/h1,3-4H,2H2,(H,17,18)(H3,13,15,16,19). The zero-order valence-electron chi connectivity index (χ0n) is 9.55. The fraction of sp³-hybridized carbons (Fsp3) is 0.0909. The van der Waals surface area contributed by atoms with Crippen LogP contribution in [0.4, 0.5) is 5.82 Å². The molecule has 8 heteroatoms. The van der Waals surface area contributed by atoms with Crippen molar-refractivity contribution < 1.29 is 9.90 Å². The molecule has 0 spiro atoms. The zero-order valence-corrected chi connectivity index (χ0v) is 11.1. The van der Waals surface area contributed by atoms with Crippen LogP contribution in [0.1, 0.15) is 5.56 Å². The van der Waals surface area contributed by atoms with Gasteiger partial charge in [0, 0.05) is 22.4 Å². The summed E-state index contributed by atoms with van der Waals surface area (Å²) in [7, 11) is 0. The van der Waals surface area contributed by atoms with Crippen molar-refractivity contribution >= 4 is 27.7 Å². The van der Waals surface area contributed by atoms with E-state index >= 15 is 0 Å². The molecule has 0 bridgehead atoms. The van der Waals surface area contributed by atoms with Gasteiger partial charge in [0.1, 0.15) is 11.6 Å². The van der Waals surface area contributed by atoms with Crippen LogP contribution in [0.25, 0.3) is 11.4 Å². The Hall–Kier alpha value is -2.22. The summed E-state index contributed by atoms with van der Waals surface area (Å²) < 4.78 is 0.723. The summed E-state index contributed by atoms with van der Waals surface area (Å²) in [4.78, 5) is 32.8. The normalized spacial score (nSPS) is 10.4. The molecule has 19 heavy (non-hydrogen) atoms. The highest BCUT2D eigenvalue weighted by atomic mass is 79.9. The van der Waals surface area contributed by atoms with Crippen molar-refractivity contribution in [2.24, 2.45) is 0 Å². The SMILES string of the molecule is Nc1nc(-c2cncc(Br)c2)[nH]c(=O)c1CC(=O)O. The Bertz CT molecular complexity index is 699. The van der Waals surface area contributed by atoms with Gasteiger partial charge < -0.3 is 15.8 Å². The predicted octanol–water partition coefficient (Wildman–Crippen LogP) is 0.804. The fourth-order valence-corrected chi connectivity index (χ4v) is 1.88. The molecule has 2 rings (SSSR count). The largest absolute Gasteiger partial charge is 0.481 e. The van der Waals surface area contributed by atoms with E-state index in [1.165, 1.54) is 6.20 Å². The van der Waals surface area contributed by atoms with Crippen molar-refractivity contribution in [2.45, 2.75) is 6.42 Å². The van der Waals surface area contributed by atoms with Crippen molar-refractivity contribution in [1.82, 2.24) is 15.0 Å². The van der Waals surface area contributed by atoms with Crippen LogP contribution >= 0.6 is 15.9 Å². The Morgan fingerprint density at radius 2 is 2.21 bits per heavy atom. The molecule has 2 aromatic heterocycles. The molecule has 98 valence electrons. The fourth-order valence-electron chi connectivity index (χ4n) is 1.52. The highest BCUT2D eigenvalue weighted by Gasteiger charge is 2.13. The quantitative estimate of drug-likeness (QED) is 0.767. The summed E-state index contributed by atoms with van der Waals surface area (Å²) in [5.41, 5.74) is 5.57. The molecule has 4 N–H and O–H groups in total. The Morgan fingerprint density at radius 1 is 1.47 bits per heavy atom. The van der Waals surface area contributed by atoms with Gasteiger partial charge in [-0.3, -0.25) is 14.6 Å². The van der Waals surface area contributed by atoms with E-state index in [1.54, 1.807) is 12.3 Å². The minimum atomic E-state index is -1.14. The number of anilines is 1. The highest BCUT2D eigenvalue weighted by Crippen LogP contribution is 2.18. The minimum absolute atomic E-state index is 0.0563. The van der Waals surface area contributed by atoms with Gasteiger partial charge in [-0.05, 0) is 22.0 Å². The number of nitrogens with two attached hydrogens (primary N) is 1. The molecule has 0 aromatic carbocycles. The second kappa shape index (κ2) is 5.19. The third-order valence-corrected chi connectivity index (χ3v) is 2.79. The van der Waals surface area contributed by atoms with E-state index in [0.29, 0.717) is 5.56 Å². The lowest BCUT2D eigenvalue weighted by Gasteiger charge is -2.05. The van der Waals surface area contributed by atoms with Crippen molar-refractivity contribution in [3.63, 3.8) is 0 Å². The summed E-state index contributed by atoms with van der Waals surface area (Å²) in [6.07, 6.45) is 2.63. The van der Waals surface area contributed by atoms with Crippen LogP contribution in [0, 0.1) is 0 Å². The maximum absolute atomic E-state index is 11.8. The third-order valence-electron chi connectivity index (χ3n) is 2.35. The number of pyridine rings is 1. The number of carboxylic acid groups (broad SMARTS) is 1. The molecular weight excluding hydrogens is 316 g/mol. The Morgan fingerprint density at radius 3 is 2.79 bits per heavy atom. The number of carboxylic acids is 1. The van der Waals surface area contributed by atoms with Crippen LogP contribution in [0.3, 0.4) is 0 Å². The van der Waals surface area contributed by atoms with Crippen LogP contribution in [0.15, 0.2) is 27.7 Å². The molecule has 0 atom stereocenters. The molecule has 0 aliphatic heterocycles. The van der Waals surface area contributed by atoms with E-state index in [9.17, 15) is 9.59 Å². The van der Waals surface area contributed by atoms with Gasteiger partial charge in [0.2, 0.25) is 0 Å². The monoisotopic (exact) mass is 324 g/mol. The van der Waals surface area contributed by atoms with Gasteiger partial charge in [0.15, 0.2) is 0 Å². The maximum atomic E-state index is 11.8. The highest BCUT2D eigenvalue weighted by molar-refractivity contribution is 9.10. The number of aliphatic carboxylic acids is 1. The van der Waals surface area contributed by atoms with Crippen molar-refractivity contribution in [1.29, 1.82) is 0 Å². The topological polar surface area (TPSA) is 122 Å². The van der Waals surface area contributed by atoms with Gasteiger partial charge in [-0.1, -0.05) is 0 Å². The van der Waals surface area contributed by atoms with Crippen molar-refractivity contribution in [3.05, 3.63) is 38.9 Å². The summed E-state index contributed by atoms with van der Waals surface area (Å²) in [6, 6.07) is 1.71. The first-order chi connectivity index (χ1) is 8.97. The first-order valence-electron chi connectivity index (χ1n) is 5.18. The molecular formula is C11H9BrN4O3. The molecule has 2 aromatic rings. The number of aromatic amines is 1. The van der Waals surface area contributed by atoms with Gasteiger partial charge in [-0.25, -0.2) is 4.98 Å². The van der Waals surface area contributed by atoms with E-state index < -0.39 is 17.9 Å². The summed E-state index contributed by atoms with van der Waals surface area (Å²) in [6.45, 7) is 0. The van der Waals surface area contributed by atoms with E-state index in [1.807, 2.05) is 0 Å². The van der Waals surface area contributed by atoms with Crippen LogP contribution in [-0.4, -0.2) is 26.0 Å². The second-order valence-electron chi connectivity index (χ2n) is 3.74. The Labute approximate surface area is 115 Å². The van der Waals surface area contributed by atoms with E-state index in [0.717, 1.165) is 4.47 Å². The molecule has 0 saturated carbocycles. The van der Waals surface area contributed by atoms with Gasteiger partial charge in [-0.15, -0.1) is 0 Å². The molecule has 0 unspecified atom stereocenters. The first kappa shape index (κ1) is 13.2. The number of nitrogens with one attached hydrogen (secondary N) is 1. The lowest BCUT2D eigenvalue weighted by molar-refractivity contribution is -0.136. The summed E-state index contributed by atoms with van der Waals surface area (Å²) in [5.74, 6) is -0.998. The van der Waals surface area contributed by atoms with Crippen molar-refractivity contribution in [2.75, 3.05) is 5.73 Å². The predicted molar refractivity (Wildman–Crippen MR) is 71.5 cm³/mol. The number of H-pyrrole nitrogens is 1. The van der Waals surface area contributed by atoms with Crippen LogP contribution in [-0.2, 0) is 11.2 Å². The van der Waals surface area contributed by atoms with Gasteiger partial charge >= 0.3 is 5.97 Å². The number of nitrogen functional groups attached to an aromatic ring is 1. The molecule has 0 radical (unpaired) electrons. The number of rotatable bonds is 3. The van der Waals surface area contributed by atoms with Crippen LogP contribution in [0.2, 0.25) is 0 Å². The number of hydrogen-bond acceptors (Lipinski definition) is 5. The molecule has 0 amide bonds. The number of halogens is 1. The van der Waals surface area contributed by atoms with E-state index in [-0.39, 0.29) is 17.2 Å². The van der Waals surface area contributed by atoms with E-state index in [4.69, 9.17) is 10.8 Å². The number of nitrogens with zero attached hydrogens (tertiary/aromatic N) is 2. The Balaban J connectivity index is 2.51. The number of aromatic nitrogens is 3. The average molecular weight is 325 g/mol. The van der Waals surface area contributed by atoms with Crippen molar-refractivity contribution in [3.8, 4) is 11.4 Å². The summed E-state index contributed by atoms with van der Waals surface area (Å²) >= 11 is 3.25. The molecule has 7 nitrogen and oxygen atoms in total. The Kier molecular flexibility index (Phi) is 3.61. The zero-order chi connectivity index (χ0) is 14.0. The number of carbonyl (C=O) groups is 1. The van der Waals surface area contributed by atoms with E-state index in [2.05, 4.69) is 30.9 Å². The van der Waals surface area contributed by atoms with Gasteiger partial charge in [-0.2, -0.15) is 0 Å². The molecule has 0 saturated heterocycles. The minimum Gasteiger partial charge on any atom is -0.481 e. The smallest absolute Gasteiger partial charge is 0.308 e. The molecule has 0 fully saturated rings. The lowest BCUT2D eigenvalue weighted by atomic mass is 10.2. The van der Waals surface area contributed by atoms with Crippen LogP contribution < -0.4 is 11.3 Å². The molecule has 0 aliphatic carbocycles. The molecule has 2 heterocycles. The van der Waals surface area contributed by atoms with Gasteiger partial charge in [0.05, 0.1) is 12.0 Å². The summed E-state index contributed by atoms with van der Waals surface area (Å²) in [5, 5.41) is 8.69. The van der Waals surface area contributed by atoms with Gasteiger partial charge in [0.25, 0.3) is 5.56 Å². The second-order valence-corrected chi connectivity index (χ2v) is 4.66. The third kappa shape index (κ3) is 2.97. The first-order valence-corrected chi connectivity index (χ1v) is 5.98. The lowest BCUT2D eigenvalue weighted by Crippen LogP contribution is -2.21. The maximum Gasteiger partial charge on any atom is 0.308 e. The average Bonchev–Trinajstić information content (AvgIpc) is 2.33.